The van der Waals surface area contributed by atoms with Gasteiger partial charge in [0.1, 0.15) is 5.39 Å². The fraction of sp³-hybridized carbons (Fsp3) is 0.480. The number of β-amino-alcohol motifs (C(OH)–C–C–N with tert-alkyl or cyclic N) is 1. The van der Waals surface area contributed by atoms with E-state index < -0.39 is 6.10 Å². The van der Waals surface area contributed by atoms with Gasteiger partial charge in [-0.3, -0.25) is 9.36 Å². The van der Waals surface area contributed by atoms with Gasteiger partial charge in [0, 0.05) is 43.5 Å². The molecule has 3 N–H and O–H groups in total. The summed E-state index contributed by atoms with van der Waals surface area (Å²) in [5.74, 6) is -0.136. The second-order valence-electron chi connectivity index (χ2n) is 9.68. The Morgan fingerprint density at radius 2 is 1.97 bits per heavy atom. The Morgan fingerprint density at radius 1 is 1.12 bits per heavy atom. The largest absolute Gasteiger partial charge is 0.396 e. The molecular formula is C25H30N6O3. The third kappa shape index (κ3) is 3.50. The number of rotatable bonds is 4. The number of piperidine rings is 1. The maximum Gasteiger partial charge on any atom is 0.262 e. The Balaban J connectivity index is 1.41. The van der Waals surface area contributed by atoms with Crippen LogP contribution >= 0.6 is 0 Å². The number of aromatic nitrogens is 5. The van der Waals surface area contributed by atoms with Crippen molar-refractivity contribution in [1.29, 1.82) is 0 Å². The zero-order valence-electron chi connectivity index (χ0n) is 19.1. The quantitative estimate of drug-likeness (QED) is 0.430. The summed E-state index contributed by atoms with van der Waals surface area (Å²) in [5.41, 5.74) is 4.06. The molecule has 3 aromatic heterocycles. The molecule has 1 aliphatic heterocycles. The Hall–Kier alpha value is -3.17. The summed E-state index contributed by atoms with van der Waals surface area (Å²) in [6.07, 6.45) is 11.6. The molecule has 2 fully saturated rings. The predicted molar refractivity (Wildman–Crippen MR) is 131 cm³/mol. The normalized spacial score (nSPS) is 22.1. The first kappa shape index (κ1) is 21.4. The van der Waals surface area contributed by atoms with E-state index in [-0.39, 0.29) is 18.1 Å². The minimum absolute atomic E-state index is 0.0353. The van der Waals surface area contributed by atoms with E-state index in [1.54, 1.807) is 0 Å². The van der Waals surface area contributed by atoms with Crippen molar-refractivity contribution in [3.63, 3.8) is 0 Å². The molecule has 4 aromatic rings. The van der Waals surface area contributed by atoms with Crippen molar-refractivity contribution < 1.29 is 10.2 Å². The summed E-state index contributed by atoms with van der Waals surface area (Å²) in [4.78, 5) is 26.7. The van der Waals surface area contributed by atoms with Crippen molar-refractivity contribution in [2.75, 3.05) is 24.6 Å². The van der Waals surface area contributed by atoms with Gasteiger partial charge in [0.25, 0.3) is 5.56 Å². The second kappa shape index (κ2) is 8.56. The summed E-state index contributed by atoms with van der Waals surface area (Å²) in [6, 6.07) is 6.73. The van der Waals surface area contributed by atoms with Gasteiger partial charge >= 0.3 is 0 Å². The molecule has 2 aliphatic rings. The Labute approximate surface area is 196 Å². The Kier molecular flexibility index (Phi) is 5.38. The van der Waals surface area contributed by atoms with Gasteiger partial charge < -0.3 is 24.7 Å². The predicted octanol–water partition coefficient (Wildman–Crippen LogP) is 2.75. The topological polar surface area (TPSA) is 112 Å². The first-order valence-corrected chi connectivity index (χ1v) is 12.2. The highest BCUT2D eigenvalue weighted by molar-refractivity contribution is 5.92. The fourth-order valence-corrected chi connectivity index (χ4v) is 5.72. The average Bonchev–Trinajstić information content (AvgIpc) is 3.47. The van der Waals surface area contributed by atoms with E-state index in [1.165, 1.54) is 38.4 Å². The van der Waals surface area contributed by atoms with Gasteiger partial charge in [-0.2, -0.15) is 0 Å². The number of fused-ring (bicyclic) bond motifs is 2. The molecule has 0 bridgehead atoms. The third-order valence-electron chi connectivity index (χ3n) is 7.67. The van der Waals surface area contributed by atoms with Gasteiger partial charge in [-0.15, -0.1) is 0 Å². The summed E-state index contributed by atoms with van der Waals surface area (Å²) in [5, 5.41) is 20.5. The molecule has 0 amide bonds. The number of nitrogens with one attached hydrogen (secondary N) is 1. The molecule has 178 valence electrons. The summed E-state index contributed by atoms with van der Waals surface area (Å²) in [7, 11) is 0. The fourth-order valence-electron chi connectivity index (χ4n) is 5.72. The van der Waals surface area contributed by atoms with Crippen molar-refractivity contribution in [3.05, 3.63) is 47.4 Å². The van der Waals surface area contributed by atoms with E-state index in [0.717, 1.165) is 22.4 Å². The average molecular weight is 463 g/mol. The van der Waals surface area contributed by atoms with Crippen LogP contribution in [0.2, 0.25) is 0 Å². The van der Waals surface area contributed by atoms with Crippen molar-refractivity contribution in [2.45, 2.75) is 50.7 Å². The van der Waals surface area contributed by atoms with E-state index in [4.69, 9.17) is 4.98 Å². The van der Waals surface area contributed by atoms with Crippen LogP contribution < -0.4 is 10.5 Å². The lowest BCUT2D eigenvalue weighted by Crippen LogP contribution is -2.45. The Morgan fingerprint density at radius 3 is 2.76 bits per heavy atom. The lowest BCUT2D eigenvalue weighted by Gasteiger charge is -2.36. The van der Waals surface area contributed by atoms with Crippen LogP contribution in [-0.2, 0) is 0 Å². The molecule has 0 spiro atoms. The minimum atomic E-state index is -0.645. The highest BCUT2D eigenvalue weighted by Crippen LogP contribution is 2.34. The van der Waals surface area contributed by atoms with Crippen LogP contribution in [0.5, 0.6) is 0 Å². The maximum atomic E-state index is 12.8. The van der Waals surface area contributed by atoms with E-state index in [2.05, 4.69) is 26.7 Å². The van der Waals surface area contributed by atoms with Gasteiger partial charge in [-0.25, -0.2) is 9.97 Å². The molecule has 1 saturated heterocycles. The SMILES string of the molecule is O=c1[nH]cnc2c1c(N1CCC(CO)C(O)C1)cn2-c1ccc2c(c1)ncn2C1CCCCC1. The molecule has 6 rings (SSSR count). The van der Waals surface area contributed by atoms with Crippen LogP contribution in [0.4, 0.5) is 5.69 Å². The molecule has 0 radical (unpaired) electrons. The van der Waals surface area contributed by atoms with Crippen LogP contribution in [0, 0.1) is 5.92 Å². The number of hydrogen-bond donors (Lipinski definition) is 3. The van der Waals surface area contributed by atoms with Crippen molar-refractivity contribution in [2.24, 2.45) is 5.92 Å². The summed E-state index contributed by atoms with van der Waals surface area (Å²) >= 11 is 0. The molecule has 9 nitrogen and oxygen atoms in total. The van der Waals surface area contributed by atoms with Gasteiger partial charge in [0.05, 0.1) is 35.5 Å². The number of hydrogen-bond acceptors (Lipinski definition) is 6. The smallest absolute Gasteiger partial charge is 0.262 e. The van der Waals surface area contributed by atoms with Gasteiger partial charge in [-0.05, 0) is 37.5 Å². The lowest BCUT2D eigenvalue weighted by atomic mass is 9.94. The standard InChI is InChI=1S/C25H30N6O3/c32-13-16-8-9-29(12-22(16)33)21-11-30(24-23(21)25(34)27-14-26-24)18-6-7-20-19(10-18)28-15-31(20)17-4-2-1-3-5-17/h6-7,10-11,14-17,22,32-33H,1-5,8-9,12-13H2,(H,26,27,34). The third-order valence-corrected chi connectivity index (χ3v) is 7.67. The van der Waals surface area contributed by atoms with Gasteiger partial charge in [-0.1, -0.05) is 19.3 Å². The zero-order valence-corrected chi connectivity index (χ0v) is 19.1. The second-order valence-corrected chi connectivity index (χ2v) is 9.68. The number of aliphatic hydroxyl groups excluding tert-OH is 2. The minimum Gasteiger partial charge on any atom is -0.396 e. The zero-order chi connectivity index (χ0) is 23.2. The number of imidazole rings is 1. The van der Waals surface area contributed by atoms with Crippen LogP contribution in [-0.4, -0.2) is 60.1 Å². The summed E-state index contributed by atoms with van der Waals surface area (Å²) < 4.78 is 4.25. The number of benzene rings is 1. The van der Waals surface area contributed by atoms with E-state index in [9.17, 15) is 15.0 Å². The molecule has 34 heavy (non-hydrogen) atoms. The molecule has 1 aromatic carbocycles. The molecule has 9 heteroatoms. The molecule has 2 atom stereocenters. The monoisotopic (exact) mass is 462 g/mol. The highest BCUT2D eigenvalue weighted by atomic mass is 16.3. The van der Waals surface area contributed by atoms with Crippen LogP contribution in [0.15, 0.2) is 41.8 Å². The molecule has 2 unspecified atom stereocenters. The van der Waals surface area contributed by atoms with Gasteiger partial charge in [0.15, 0.2) is 5.65 Å². The number of aromatic amines is 1. The van der Waals surface area contributed by atoms with Crippen LogP contribution in [0.1, 0.15) is 44.6 Å². The van der Waals surface area contributed by atoms with Gasteiger partial charge in [0.2, 0.25) is 0 Å². The first-order valence-electron chi connectivity index (χ1n) is 12.2. The number of H-pyrrole nitrogens is 1. The van der Waals surface area contributed by atoms with Crippen LogP contribution in [0.25, 0.3) is 27.8 Å². The van der Waals surface area contributed by atoms with E-state index >= 15 is 0 Å². The van der Waals surface area contributed by atoms with Crippen LogP contribution in [0.3, 0.4) is 0 Å². The van der Waals surface area contributed by atoms with E-state index in [1.807, 2.05) is 28.1 Å². The maximum absolute atomic E-state index is 12.8. The highest BCUT2D eigenvalue weighted by Gasteiger charge is 2.30. The van der Waals surface area contributed by atoms with E-state index in [0.29, 0.717) is 36.6 Å². The molecule has 4 heterocycles. The molecule has 1 aliphatic carbocycles. The summed E-state index contributed by atoms with van der Waals surface area (Å²) in [6.45, 7) is 0.983. The first-order chi connectivity index (χ1) is 16.6. The molecular weight excluding hydrogens is 432 g/mol. The number of aliphatic hydroxyl groups is 2. The molecule has 1 saturated carbocycles. The Bertz CT molecular complexity index is 1380. The lowest BCUT2D eigenvalue weighted by molar-refractivity contribution is 0.0549. The number of nitrogens with zero attached hydrogens (tertiary/aromatic N) is 5. The number of anilines is 1. The van der Waals surface area contributed by atoms with Crippen molar-refractivity contribution in [1.82, 2.24) is 24.1 Å². The van der Waals surface area contributed by atoms with Crippen molar-refractivity contribution >= 4 is 27.8 Å². The van der Waals surface area contributed by atoms with Crippen molar-refractivity contribution in [3.8, 4) is 5.69 Å².